The first-order valence-electron chi connectivity index (χ1n) is 7.63. The average Bonchev–Trinajstić information content (AvgIpc) is 2.26. The highest BCUT2D eigenvalue weighted by molar-refractivity contribution is 5.46. The molecule has 0 aliphatic carbocycles. The highest BCUT2D eigenvalue weighted by atomic mass is 16.3. The lowest BCUT2D eigenvalue weighted by Crippen LogP contribution is -2.06. The first-order chi connectivity index (χ1) is 8.81. The first kappa shape index (κ1) is 16.1. The highest BCUT2D eigenvalue weighted by Crippen LogP contribution is 2.31. The Morgan fingerprint density at radius 1 is 0.737 bits per heavy atom. The molecule has 0 unspecified atom stereocenters. The van der Waals surface area contributed by atoms with Crippen LogP contribution < -0.4 is 0 Å². The van der Waals surface area contributed by atoms with E-state index in [-0.39, 0.29) is 0 Å². The predicted octanol–water partition coefficient (Wildman–Crippen LogP) is 4.99. The van der Waals surface area contributed by atoms with Crippen LogP contribution in [0, 0.1) is 17.8 Å². The third-order valence-corrected chi connectivity index (χ3v) is 3.33. The van der Waals surface area contributed by atoms with Crippen LogP contribution in [0.15, 0.2) is 12.1 Å². The molecule has 0 heterocycles. The zero-order chi connectivity index (χ0) is 14.6. The summed E-state index contributed by atoms with van der Waals surface area (Å²) < 4.78 is 0. The zero-order valence-electron chi connectivity index (χ0n) is 13.5. The van der Waals surface area contributed by atoms with E-state index in [1.807, 2.05) is 0 Å². The third-order valence-electron chi connectivity index (χ3n) is 3.33. The van der Waals surface area contributed by atoms with Gasteiger partial charge in [0.1, 0.15) is 5.75 Å². The zero-order valence-corrected chi connectivity index (χ0v) is 13.5. The van der Waals surface area contributed by atoms with E-state index in [1.54, 1.807) is 0 Å². The monoisotopic (exact) mass is 262 g/mol. The van der Waals surface area contributed by atoms with E-state index < -0.39 is 0 Å². The SMILES string of the molecule is CC(C)Cc1ccc(CC(C)C)c(CC(C)C)c1O. The van der Waals surface area contributed by atoms with Crippen molar-refractivity contribution in [3.63, 3.8) is 0 Å². The summed E-state index contributed by atoms with van der Waals surface area (Å²) in [6.07, 6.45) is 2.98. The summed E-state index contributed by atoms with van der Waals surface area (Å²) in [6, 6.07) is 4.35. The molecule has 108 valence electrons. The number of hydrogen-bond acceptors (Lipinski definition) is 1. The van der Waals surface area contributed by atoms with Gasteiger partial charge >= 0.3 is 0 Å². The molecule has 0 saturated carbocycles. The molecule has 0 aliphatic rings. The minimum absolute atomic E-state index is 0.556. The Balaban J connectivity index is 3.15. The molecule has 0 radical (unpaired) electrons. The Morgan fingerprint density at radius 2 is 1.16 bits per heavy atom. The molecule has 0 fully saturated rings. The van der Waals surface area contributed by atoms with E-state index in [9.17, 15) is 5.11 Å². The normalized spacial score (nSPS) is 11.8. The molecule has 1 aromatic carbocycles. The lowest BCUT2D eigenvalue weighted by molar-refractivity contribution is 0.447. The molecule has 0 aromatic heterocycles. The van der Waals surface area contributed by atoms with Crippen LogP contribution in [-0.4, -0.2) is 5.11 Å². The van der Waals surface area contributed by atoms with Gasteiger partial charge in [-0.25, -0.2) is 0 Å². The van der Waals surface area contributed by atoms with Crippen molar-refractivity contribution in [1.29, 1.82) is 0 Å². The summed E-state index contributed by atoms with van der Waals surface area (Å²) in [4.78, 5) is 0. The predicted molar refractivity (Wildman–Crippen MR) is 83.7 cm³/mol. The fourth-order valence-electron chi connectivity index (χ4n) is 2.60. The maximum absolute atomic E-state index is 10.6. The van der Waals surface area contributed by atoms with Gasteiger partial charge in [-0.2, -0.15) is 0 Å². The van der Waals surface area contributed by atoms with Gasteiger partial charge in [0.2, 0.25) is 0 Å². The minimum atomic E-state index is 0.556. The Morgan fingerprint density at radius 3 is 1.63 bits per heavy atom. The number of benzene rings is 1. The van der Waals surface area contributed by atoms with Gasteiger partial charge in [0.15, 0.2) is 0 Å². The summed E-state index contributed by atoms with van der Waals surface area (Å²) >= 11 is 0. The van der Waals surface area contributed by atoms with Crippen LogP contribution in [0.4, 0.5) is 0 Å². The first-order valence-corrected chi connectivity index (χ1v) is 7.63. The fraction of sp³-hybridized carbons (Fsp3) is 0.667. The van der Waals surface area contributed by atoms with Crippen molar-refractivity contribution >= 4 is 0 Å². The minimum Gasteiger partial charge on any atom is -0.507 e. The number of rotatable bonds is 6. The molecular weight excluding hydrogens is 232 g/mol. The largest absolute Gasteiger partial charge is 0.507 e. The van der Waals surface area contributed by atoms with Crippen LogP contribution in [0.1, 0.15) is 58.2 Å². The molecule has 1 N–H and O–H groups in total. The summed E-state index contributed by atoms with van der Waals surface area (Å²) in [6.45, 7) is 13.3. The molecule has 1 rings (SSSR count). The molecule has 0 amide bonds. The van der Waals surface area contributed by atoms with Crippen LogP contribution >= 0.6 is 0 Å². The van der Waals surface area contributed by atoms with Crippen molar-refractivity contribution in [1.82, 2.24) is 0 Å². The van der Waals surface area contributed by atoms with Gasteiger partial charge in [0, 0.05) is 0 Å². The maximum Gasteiger partial charge on any atom is 0.122 e. The van der Waals surface area contributed by atoms with E-state index in [1.165, 1.54) is 11.1 Å². The van der Waals surface area contributed by atoms with Gasteiger partial charge in [0.05, 0.1) is 0 Å². The fourth-order valence-corrected chi connectivity index (χ4v) is 2.60. The van der Waals surface area contributed by atoms with Crippen molar-refractivity contribution in [2.75, 3.05) is 0 Å². The van der Waals surface area contributed by atoms with Gasteiger partial charge in [-0.05, 0) is 53.7 Å². The van der Waals surface area contributed by atoms with Crippen LogP contribution in [0.3, 0.4) is 0 Å². The van der Waals surface area contributed by atoms with Gasteiger partial charge in [-0.1, -0.05) is 53.7 Å². The van der Waals surface area contributed by atoms with Crippen LogP contribution in [0.25, 0.3) is 0 Å². The van der Waals surface area contributed by atoms with Gasteiger partial charge in [-0.3, -0.25) is 0 Å². The summed E-state index contributed by atoms with van der Waals surface area (Å²) in [5, 5.41) is 10.6. The molecule has 1 nitrogen and oxygen atoms in total. The van der Waals surface area contributed by atoms with E-state index in [0.29, 0.717) is 23.5 Å². The molecule has 0 bridgehead atoms. The average molecular weight is 262 g/mol. The Hall–Kier alpha value is -0.980. The Bertz CT molecular complexity index is 402. The second-order valence-corrected chi connectivity index (χ2v) is 7.00. The van der Waals surface area contributed by atoms with Crippen molar-refractivity contribution in [2.45, 2.75) is 60.8 Å². The molecule has 19 heavy (non-hydrogen) atoms. The quantitative estimate of drug-likeness (QED) is 0.766. The van der Waals surface area contributed by atoms with Crippen molar-refractivity contribution in [3.05, 3.63) is 28.8 Å². The van der Waals surface area contributed by atoms with E-state index in [2.05, 4.69) is 53.7 Å². The van der Waals surface area contributed by atoms with E-state index in [0.717, 1.165) is 24.8 Å². The number of phenols is 1. The molecule has 0 aliphatic heterocycles. The van der Waals surface area contributed by atoms with E-state index in [4.69, 9.17) is 0 Å². The van der Waals surface area contributed by atoms with Crippen molar-refractivity contribution < 1.29 is 5.11 Å². The van der Waals surface area contributed by atoms with Gasteiger partial charge < -0.3 is 5.11 Å². The van der Waals surface area contributed by atoms with Gasteiger partial charge in [-0.15, -0.1) is 0 Å². The third kappa shape index (κ3) is 4.89. The smallest absolute Gasteiger partial charge is 0.122 e. The lowest BCUT2D eigenvalue weighted by Gasteiger charge is -2.18. The molecule has 0 spiro atoms. The second kappa shape index (κ2) is 6.98. The molecule has 0 saturated heterocycles. The molecule has 1 heteroatoms. The van der Waals surface area contributed by atoms with Crippen molar-refractivity contribution in [3.8, 4) is 5.75 Å². The Kier molecular flexibility index (Phi) is 5.90. The number of phenolic OH excluding ortho intramolecular Hbond substituents is 1. The molecule has 0 atom stereocenters. The summed E-state index contributed by atoms with van der Waals surface area (Å²) in [5.74, 6) is 2.33. The Labute approximate surface area is 119 Å². The van der Waals surface area contributed by atoms with Crippen molar-refractivity contribution in [2.24, 2.45) is 17.8 Å². The molecular formula is C18H30O. The lowest BCUT2D eigenvalue weighted by atomic mass is 9.88. The number of aromatic hydroxyl groups is 1. The van der Waals surface area contributed by atoms with Crippen LogP contribution in [0.5, 0.6) is 5.75 Å². The van der Waals surface area contributed by atoms with E-state index >= 15 is 0 Å². The highest BCUT2D eigenvalue weighted by Gasteiger charge is 2.15. The summed E-state index contributed by atoms with van der Waals surface area (Å²) in [7, 11) is 0. The topological polar surface area (TPSA) is 20.2 Å². The molecule has 1 aromatic rings. The van der Waals surface area contributed by atoms with Crippen LogP contribution in [0.2, 0.25) is 0 Å². The van der Waals surface area contributed by atoms with Gasteiger partial charge in [0.25, 0.3) is 0 Å². The number of hydrogen-bond donors (Lipinski definition) is 1. The maximum atomic E-state index is 10.6. The van der Waals surface area contributed by atoms with Crippen LogP contribution in [-0.2, 0) is 19.3 Å². The second-order valence-electron chi connectivity index (χ2n) is 7.00. The summed E-state index contributed by atoms with van der Waals surface area (Å²) in [5.41, 5.74) is 3.62. The standard InChI is InChI=1S/C18H30O/c1-12(2)9-15-7-8-16(10-13(3)4)18(19)17(15)11-14(5)6/h7-8,12-14,19H,9-11H2,1-6H3.